The smallest absolute Gasteiger partial charge is 0.162 e. The highest BCUT2D eigenvalue weighted by Crippen LogP contribution is 2.36. The van der Waals surface area contributed by atoms with Gasteiger partial charge in [0.05, 0.1) is 6.26 Å². The molecule has 2 aliphatic rings. The van der Waals surface area contributed by atoms with Crippen LogP contribution in [0, 0.1) is 5.92 Å². The van der Waals surface area contributed by atoms with Gasteiger partial charge in [-0.2, -0.15) is 0 Å². The van der Waals surface area contributed by atoms with Gasteiger partial charge >= 0.3 is 0 Å². The van der Waals surface area contributed by atoms with Gasteiger partial charge in [-0.05, 0) is 18.8 Å². The zero-order chi connectivity index (χ0) is 6.97. The van der Waals surface area contributed by atoms with Crippen molar-refractivity contribution in [3.63, 3.8) is 0 Å². The topological polar surface area (TPSA) is 26.3 Å². The SMILES string of the molecule is O=C1C=COC(C2CC2)C1. The van der Waals surface area contributed by atoms with Crippen LogP contribution in [-0.2, 0) is 9.53 Å². The predicted octanol–water partition coefficient (Wildman–Crippen LogP) is 1.27. The van der Waals surface area contributed by atoms with Crippen LogP contribution < -0.4 is 0 Å². The highest BCUT2D eigenvalue weighted by Gasteiger charge is 2.34. The van der Waals surface area contributed by atoms with Gasteiger partial charge in [0, 0.05) is 12.5 Å². The van der Waals surface area contributed by atoms with Gasteiger partial charge in [-0.1, -0.05) is 0 Å². The van der Waals surface area contributed by atoms with E-state index in [9.17, 15) is 4.79 Å². The van der Waals surface area contributed by atoms with Gasteiger partial charge in [0.25, 0.3) is 0 Å². The standard InChI is InChI=1S/C8H10O2/c9-7-3-4-10-8(5-7)6-1-2-6/h3-4,6,8H,1-2,5H2. The lowest BCUT2D eigenvalue weighted by Crippen LogP contribution is -2.20. The van der Waals surface area contributed by atoms with Crippen LogP contribution in [0.5, 0.6) is 0 Å². The molecule has 1 fully saturated rings. The van der Waals surface area contributed by atoms with E-state index in [1.54, 1.807) is 0 Å². The molecule has 1 aliphatic heterocycles. The molecule has 1 aliphatic carbocycles. The van der Waals surface area contributed by atoms with Crippen LogP contribution in [0.2, 0.25) is 0 Å². The fraction of sp³-hybridized carbons (Fsp3) is 0.625. The molecule has 1 unspecified atom stereocenters. The van der Waals surface area contributed by atoms with Crippen molar-refractivity contribution in [3.8, 4) is 0 Å². The summed E-state index contributed by atoms with van der Waals surface area (Å²) in [7, 11) is 0. The molecular weight excluding hydrogens is 128 g/mol. The fourth-order valence-corrected chi connectivity index (χ4v) is 1.28. The number of allylic oxidation sites excluding steroid dienone is 1. The second-order valence-corrected chi connectivity index (χ2v) is 2.99. The molecule has 0 bridgehead atoms. The van der Waals surface area contributed by atoms with Gasteiger partial charge in [-0.3, -0.25) is 4.79 Å². The zero-order valence-electron chi connectivity index (χ0n) is 5.75. The van der Waals surface area contributed by atoms with Gasteiger partial charge in [-0.15, -0.1) is 0 Å². The maximum Gasteiger partial charge on any atom is 0.162 e. The number of carbonyl (C=O) groups excluding carboxylic acids is 1. The number of ether oxygens (including phenoxy) is 1. The Bertz CT molecular complexity index is 180. The number of hydrogen-bond donors (Lipinski definition) is 0. The van der Waals surface area contributed by atoms with Crippen LogP contribution in [0.3, 0.4) is 0 Å². The number of carbonyl (C=O) groups is 1. The highest BCUT2D eigenvalue weighted by molar-refractivity contribution is 5.90. The first-order valence-corrected chi connectivity index (χ1v) is 3.71. The summed E-state index contributed by atoms with van der Waals surface area (Å²) in [5, 5.41) is 0. The van der Waals surface area contributed by atoms with Gasteiger partial charge in [0.15, 0.2) is 5.78 Å². The van der Waals surface area contributed by atoms with Crippen LogP contribution in [0.1, 0.15) is 19.3 Å². The lowest BCUT2D eigenvalue weighted by molar-refractivity contribution is -0.118. The third-order valence-corrected chi connectivity index (χ3v) is 2.06. The normalized spacial score (nSPS) is 32.0. The lowest BCUT2D eigenvalue weighted by atomic mass is 10.1. The Hall–Kier alpha value is -0.790. The summed E-state index contributed by atoms with van der Waals surface area (Å²) in [6.45, 7) is 0. The van der Waals surface area contributed by atoms with E-state index in [1.165, 1.54) is 25.2 Å². The Kier molecular flexibility index (Phi) is 1.26. The number of hydrogen-bond acceptors (Lipinski definition) is 2. The number of ketones is 1. The molecule has 1 heterocycles. The fourth-order valence-electron chi connectivity index (χ4n) is 1.28. The van der Waals surface area contributed by atoms with Crippen molar-refractivity contribution in [2.75, 3.05) is 0 Å². The zero-order valence-corrected chi connectivity index (χ0v) is 5.75. The Balaban J connectivity index is 1.99. The first kappa shape index (κ1) is 5.96. The summed E-state index contributed by atoms with van der Waals surface area (Å²) in [6.07, 6.45) is 6.34. The van der Waals surface area contributed by atoms with E-state index in [-0.39, 0.29) is 11.9 Å². The van der Waals surface area contributed by atoms with E-state index < -0.39 is 0 Å². The van der Waals surface area contributed by atoms with E-state index in [0.717, 1.165) is 0 Å². The summed E-state index contributed by atoms with van der Waals surface area (Å²) >= 11 is 0. The second kappa shape index (κ2) is 2.11. The molecule has 0 aromatic rings. The third kappa shape index (κ3) is 1.06. The molecule has 0 spiro atoms. The minimum atomic E-state index is 0.206. The molecule has 0 radical (unpaired) electrons. The average Bonchev–Trinajstić information content (AvgIpc) is 2.68. The summed E-state index contributed by atoms with van der Waals surface area (Å²) < 4.78 is 5.27. The van der Waals surface area contributed by atoms with Crippen molar-refractivity contribution in [1.82, 2.24) is 0 Å². The minimum Gasteiger partial charge on any atom is -0.497 e. The Morgan fingerprint density at radius 3 is 2.90 bits per heavy atom. The molecular formula is C8H10O2. The third-order valence-electron chi connectivity index (χ3n) is 2.06. The van der Waals surface area contributed by atoms with E-state index in [0.29, 0.717) is 12.3 Å². The van der Waals surface area contributed by atoms with Crippen molar-refractivity contribution in [2.45, 2.75) is 25.4 Å². The molecule has 2 rings (SSSR count). The van der Waals surface area contributed by atoms with E-state index >= 15 is 0 Å². The summed E-state index contributed by atoms with van der Waals surface area (Å²) in [5.74, 6) is 0.886. The van der Waals surface area contributed by atoms with Gasteiger partial charge in [0.1, 0.15) is 6.10 Å². The molecule has 54 valence electrons. The first-order valence-electron chi connectivity index (χ1n) is 3.71. The molecule has 0 aromatic carbocycles. The van der Waals surface area contributed by atoms with Gasteiger partial charge in [0.2, 0.25) is 0 Å². The predicted molar refractivity (Wildman–Crippen MR) is 36.4 cm³/mol. The maximum atomic E-state index is 10.8. The molecule has 0 aromatic heterocycles. The highest BCUT2D eigenvalue weighted by atomic mass is 16.5. The monoisotopic (exact) mass is 138 g/mol. The van der Waals surface area contributed by atoms with Crippen molar-refractivity contribution in [3.05, 3.63) is 12.3 Å². The van der Waals surface area contributed by atoms with E-state index in [4.69, 9.17) is 4.74 Å². The molecule has 0 N–H and O–H groups in total. The quantitative estimate of drug-likeness (QED) is 0.545. The van der Waals surface area contributed by atoms with Crippen molar-refractivity contribution < 1.29 is 9.53 Å². The summed E-state index contributed by atoms with van der Waals surface area (Å²) in [5.41, 5.74) is 0. The first-order chi connectivity index (χ1) is 4.86. The second-order valence-electron chi connectivity index (χ2n) is 2.99. The van der Waals surface area contributed by atoms with E-state index in [1.807, 2.05) is 0 Å². The van der Waals surface area contributed by atoms with Crippen LogP contribution >= 0.6 is 0 Å². The van der Waals surface area contributed by atoms with Crippen molar-refractivity contribution in [2.24, 2.45) is 5.92 Å². The Morgan fingerprint density at radius 2 is 2.30 bits per heavy atom. The Labute approximate surface area is 59.9 Å². The molecule has 1 atom stereocenters. The van der Waals surface area contributed by atoms with Gasteiger partial charge in [-0.25, -0.2) is 0 Å². The van der Waals surface area contributed by atoms with E-state index in [2.05, 4.69) is 0 Å². The molecule has 0 saturated heterocycles. The van der Waals surface area contributed by atoms with Crippen molar-refractivity contribution in [1.29, 1.82) is 0 Å². The van der Waals surface area contributed by atoms with Crippen LogP contribution in [0.4, 0.5) is 0 Å². The van der Waals surface area contributed by atoms with Crippen LogP contribution in [0.25, 0.3) is 0 Å². The van der Waals surface area contributed by atoms with Crippen LogP contribution in [-0.4, -0.2) is 11.9 Å². The Morgan fingerprint density at radius 1 is 1.50 bits per heavy atom. The maximum absolute atomic E-state index is 10.8. The van der Waals surface area contributed by atoms with Crippen molar-refractivity contribution >= 4 is 5.78 Å². The van der Waals surface area contributed by atoms with Gasteiger partial charge < -0.3 is 4.74 Å². The molecule has 2 nitrogen and oxygen atoms in total. The molecule has 1 saturated carbocycles. The largest absolute Gasteiger partial charge is 0.497 e. The summed E-state index contributed by atoms with van der Waals surface area (Å²) in [6, 6.07) is 0. The minimum absolute atomic E-state index is 0.206. The lowest BCUT2D eigenvalue weighted by Gasteiger charge is -2.17. The molecule has 10 heavy (non-hydrogen) atoms. The molecule has 2 heteroatoms. The van der Waals surface area contributed by atoms with Crippen LogP contribution in [0.15, 0.2) is 12.3 Å². The number of rotatable bonds is 1. The molecule has 0 amide bonds. The average molecular weight is 138 g/mol. The summed E-state index contributed by atoms with van der Waals surface area (Å²) in [4.78, 5) is 10.8.